The van der Waals surface area contributed by atoms with Crippen molar-refractivity contribution >= 4 is 29.4 Å². The molecule has 3 aromatic rings. The Kier molecular flexibility index (Phi) is 5.94. The van der Waals surface area contributed by atoms with Crippen molar-refractivity contribution in [3.05, 3.63) is 48.0 Å². The normalized spacial score (nSPS) is 12.3. The number of ether oxygens (including phenoxy) is 2. The number of nitrogens with one attached hydrogen (secondary N) is 2. The van der Waals surface area contributed by atoms with Gasteiger partial charge in [-0.15, -0.1) is 10.2 Å². The van der Waals surface area contributed by atoms with E-state index in [4.69, 9.17) is 15.3 Å². The molecule has 1 aromatic heterocycles. The van der Waals surface area contributed by atoms with Gasteiger partial charge in [0.15, 0.2) is 17.3 Å². The van der Waals surface area contributed by atoms with Crippen LogP contribution in [0.3, 0.4) is 0 Å². The molecular formula is C20H20N6O4S. The van der Waals surface area contributed by atoms with Crippen molar-refractivity contribution in [3.8, 4) is 22.9 Å². The summed E-state index contributed by atoms with van der Waals surface area (Å²) >= 11 is 1.08. The van der Waals surface area contributed by atoms with Crippen molar-refractivity contribution in [2.75, 3.05) is 30.1 Å². The number of fused-ring (bicyclic) bond motifs is 1. The molecule has 4 rings (SSSR count). The lowest BCUT2D eigenvalue weighted by Gasteiger charge is -2.19. The first kappa shape index (κ1) is 20.5. The molecule has 0 radical (unpaired) electrons. The smallest absolute Gasteiger partial charge is 0.325 e. The highest BCUT2D eigenvalue weighted by Gasteiger charge is 2.16. The summed E-state index contributed by atoms with van der Waals surface area (Å²) in [6.07, 6.45) is 0. The molecule has 0 unspecified atom stereocenters. The minimum Gasteiger partial charge on any atom is -0.486 e. The van der Waals surface area contributed by atoms with E-state index in [2.05, 4.69) is 20.8 Å². The first-order chi connectivity index (χ1) is 15.0. The molecule has 10 nitrogen and oxygen atoms in total. The minimum absolute atomic E-state index is 0.0577. The molecule has 0 aliphatic carbocycles. The highest BCUT2D eigenvalue weighted by molar-refractivity contribution is 7.99. The molecule has 160 valence electrons. The number of hydrogen-bond acceptors (Lipinski definition) is 8. The summed E-state index contributed by atoms with van der Waals surface area (Å²) in [4.78, 5) is 24.2. The number of nitrogens with zero attached hydrogens (tertiary/aromatic N) is 3. The standard InChI is InChI=1S/C20H20N6O4S/c1-12-2-4-13(5-3-12)18-24-25-20(26(18)21)31-11-17(27)23-19(28)22-14-6-7-15-16(10-14)30-9-8-29-15/h2-7,10H,8-9,11,21H2,1H3,(H2,22,23,27,28). The van der Waals surface area contributed by atoms with Crippen LogP contribution < -0.4 is 25.9 Å². The molecule has 2 heterocycles. The van der Waals surface area contributed by atoms with Gasteiger partial charge in [0.2, 0.25) is 11.1 Å². The van der Waals surface area contributed by atoms with Gasteiger partial charge in [-0.3, -0.25) is 10.1 Å². The molecule has 0 atom stereocenters. The predicted molar refractivity (Wildman–Crippen MR) is 116 cm³/mol. The maximum atomic E-state index is 12.1. The zero-order valence-corrected chi connectivity index (χ0v) is 17.4. The van der Waals surface area contributed by atoms with Gasteiger partial charge in [0.25, 0.3) is 0 Å². The van der Waals surface area contributed by atoms with E-state index in [1.54, 1.807) is 18.2 Å². The summed E-state index contributed by atoms with van der Waals surface area (Å²) in [7, 11) is 0. The third-order valence-electron chi connectivity index (χ3n) is 4.36. The highest BCUT2D eigenvalue weighted by atomic mass is 32.2. The van der Waals surface area contributed by atoms with Crippen LogP contribution in [0.2, 0.25) is 0 Å². The number of anilines is 1. The molecule has 11 heteroatoms. The Balaban J connectivity index is 1.30. The van der Waals surface area contributed by atoms with E-state index >= 15 is 0 Å². The predicted octanol–water partition coefficient (Wildman–Crippen LogP) is 2.18. The molecule has 1 aliphatic heterocycles. The van der Waals surface area contributed by atoms with Crippen molar-refractivity contribution in [2.24, 2.45) is 0 Å². The molecule has 0 bridgehead atoms. The van der Waals surface area contributed by atoms with Crippen molar-refractivity contribution in [1.82, 2.24) is 20.2 Å². The minimum atomic E-state index is -0.656. The van der Waals surface area contributed by atoms with Crippen LogP contribution in [0.15, 0.2) is 47.6 Å². The lowest BCUT2D eigenvalue weighted by Crippen LogP contribution is -2.35. The van der Waals surface area contributed by atoms with Gasteiger partial charge in [0.05, 0.1) is 5.75 Å². The van der Waals surface area contributed by atoms with Gasteiger partial charge in [-0.25, -0.2) is 9.47 Å². The van der Waals surface area contributed by atoms with Gasteiger partial charge >= 0.3 is 6.03 Å². The zero-order chi connectivity index (χ0) is 21.8. The molecular weight excluding hydrogens is 420 g/mol. The number of benzene rings is 2. The number of thioether (sulfide) groups is 1. The fourth-order valence-electron chi connectivity index (χ4n) is 2.85. The average Bonchev–Trinajstić information content (AvgIpc) is 3.13. The number of carbonyl (C=O) groups excluding carboxylic acids is 2. The van der Waals surface area contributed by atoms with E-state index in [9.17, 15) is 9.59 Å². The Morgan fingerprint density at radius 3 is 2.61 bits per heavy atom. The Bertz CT molecular complexity index is 1120. The number of urea groups is 1. The maximum Gasteiger partial charge on any atom is 0.325 e. The van der Waals surface area contributed by atoms with Crippen LogP contribution in [-0.4, -0.2) is 45.8 Å². The van der Waals surface area contributed by atoms with Crippen LogP contribution in [0, 0.1) is 6.92 Å². The second kappa shape index (κ2) is 8.96. The number of rotatable bonds is 5. The first-order valence-corrected chi connectivity index (χ1v) is 10.4. The summed E-state index contributed by atoms with van der Waals surface area (Å²) < 4.78 is 12.2. The summed E-state index contributed by atoms with van der Waals surface area (Å²) in [5.74, 6) is 7.14. The Hall–Kier alpha value is -3.73. The van der Waals surface area contributed by atoms with Crippen LogP contribution in [0.5, 0.6) is 11.5 Å². The number of hydrogen-bond donors (Lipinski definition) is 3. The molecule has 31 heavy (non-hydrogen) atoms. The topological polar surface area (TPSA) is 133 Å². The highest BCUT2D eigenvalue weighted by Crippen LogP contribution is 2.32. The van der Waals surface area contributed by atoms with E-state index in [1.807, 2.05) is 31.2 Å². The SMILES string of the molecule is Cc1ccc(-c2nnc(SCC(=O)NC(=O)Nc3ccc4c(c3)OCCO4)n2N)cc1. The number of carbonyl (C=O) groups is 2. The van der Waals surface area contributed by atoms with Crippen molar-refractivity contribution < 1.29 is 19.1 Å². The van der Waals surface area contributed by atoms with E-state index in [0.717, 1.165) is 22.9 Å². The fraction of sp³-hybridized carbons (Fsp3) is 0.200. The summed E-state index contributed by atoms with van der Waals surface area (Å²) in [5.41, 5.74) is 2.41. The molecule has 4 N–H and O–H groups in total. The third-order valence-corrected chi connectivity index (χ3v) is 5.30. The van der Waals surface area contributed by atoms with Gasteiger partial charge in [0.1, 0.15) is 13.2 Å². The maximum absolute atomic E-state index is 12.1. The number of amides is 3. The van der Waals surface area contributed by atoms with Gasteiger partial charge in [0, 0.05) is 17.3 Å². The van der Waals surface area contributed by atoms with Gasteiger partial charge in [-0.05, 0) is 19.1 Å². The number of nitrogen functional groups attached to an aromatic ring is 1. The molecule has 1 aliphatic rings. The third kappa shape index (κ3) is 4.89. The van der Waals surface area contributed by atoms with Crippen LogP contribution in [0.25, 0.3) is 11.4 Å². The molecule has 3 amide bonds. The van der Waals surface area contributed by atoms with Crippen LogP contribution >= 0.6 is 11.8 Å². The zero-order valence-electron chi connectivity index (χ0n) is 16.6. The fourth-order valence-corrected chi connectivity index (χ4v) is 3.51. The van der Waals surface area contributed by atoms with Crippen LogP contribution in [0.1, 0.15) is 5.56 Å². The Morgan fingerprint density at radius 2 is 1.84 bits per heavy atom. The van der Waals surface area contributed by atoms with E-state index in [0.29, 0.717) is 41.4 Å². The number of nitrogens with two attached hydrogens (primary N) is 1. The second-order valence-corrected chi connectivity index (χ2v) is 7.63. The summed E-state index contributed by atoms with van der Waals surface area (Å²) in [6.45, 7) is 2.91. The van der Waals surface area contributed by atoms with Crippen LogP contribution in [-0.2, 0) is 4.79 Å². The quantitative estimate of drug-likeness (QED) is 0.406. The van der Waals surface area contributed by atoms with Crippen molar-refractivity contribution in [2.45, 2.75) is 12.1 Å². The molecule has 0 spiro atoms. The molecule has 2 aromatic carbocycles. The number of aromatic nitrogens is 3. The Labute approximate surface area is 182 Å². The monoisotopic (exact) mass is 440 g/mol. The van der Waals surface area contributed by atoms with Gasteiger partial charge in [-0.2, -0.15) is 0 Å². The lowest BCUT2D eigenvalue weighted by molar-refractivity contribution is -0.117. The molecule has 0 saturated carbocycles. The van der Waals surface area contributed by atoms with E-state index < -0.39 is 11.9 Å². The number of aryl methyl sites for hydroxylation is 1. The number of imide groups is 1. The lowest BCUT2D eigenvalue weighted by atomic mass is 10.1. The summed E-state index contributed by atoms with van der Waals surface area (Å²) in [6, 6.07) is 12.0. The summed E-state index contributed by atoms with van der Waals surface area (Å²) in [5, 5.41) is 13.3. The van der Waals surface area contributed by atoms with Gasteiger partial charge < -0.3 is 20.6 Å². The van der Waals surface area contributed by atoms with Gasteiger partial charge in [-0.1, -0.05) is 41.6 Å². The Morgan fingerprint density at radius 1 is 1.10 bits per heavy atom. The molecule has 0 fully saturated rings. The van der Waals surface area contributed by atoms with E-state index in [-0.39, 0.29) is 5.75 Å². The van der Waals surface area contributed by atoms with Crippen molar-refractivity contribution in [1.29, 1.82) is 0 Å². The second-order valence-electron chi connectivity index (χ2n) is 6.69. The largest absolute Gasteiger partial charge is 0.486 e. The van der Waals surface area contributed by atoms with Crippen molar-refractivity contribution in [3.63, 3.8) is 0 Å². The van der Waals surface area contributed by atoms with Crippen LogP contribution in [0.4, 0.5) is 10.5 Å². The first-order valence-electron chi connectivity index (χ1n) is 9.40. The molecule has 0 saturated heterocycles. The average molecular weight is 440 g/mol. The van der Waals surface area contributed by atoms with E-state index in [1.165, 1.54) is 4.68 Å².